The van der Waals surface area contributed by atoms with Gasteiger partial charge in [0.1, 0.15) is 12.4 Å². The van der Waals surface area contributed by atoms with E-state index >= 15 is 0 Å². The Morgan fingerprint density at radius 2 is 1.64 bits per heavy atom. The summed E-state index contributed by atoms with van der Waals surface area (Å²) >= 11 is 0. The quantitative estimate of drug-likeness (QED) is 0.772. The molecule has 1 aliphatic carbocycles. The summed E-state index contributed by atoms with van der Waals surface area (Å²) in [7, 11) is 1.38. The van der Waals surface area contributed by atoms with E-state index in [2.05, 4.69) is 17.4 Å². The van der Waals surface area contributed by atoms with Crippen molar-refractivity contribution in [2.75, 3.05) is 7.11 Å². The molecule has 0 radical (unpaired) electrons. The highest BCUT2D eigenvalue weighted by Crippen LogP contribution is 2.19. The van der Waals surface area contributed by atoms with Crippen molar-refractivity contribution in [2.24, 2.45) is 0 Å². The number of esters is 1. The summed E-state index contributed by atoms with van der Waals surface area (Å²) in [6.45, 7) is 1.39. The van der Waals surface area contributed by atoms with Crippen molar-refractivity contribution in [1.82, 2.24) is 5.32 Å². The van der Waals surface area contributed by atoms with Crippen LogP contribution in [-0.2, 0) is 17.9 Å². The number of nitrogens with one attached hydrogen (secondary N) is 1. The van der Waals surface area contributed by atoms with E-state index in [-0.39, 0.29) is 5.97 Å². The minimum absolute atomic E-state index is 0.325. The van der Waals surface area contributed by atoms with Gasteiger partial charge in [-0.05, 0) is 48.2 Å². The van der Waals surface area contributed by atoms with Gasteiger partial charge in [-0.1, -0.05) is 37.1 Å². The second-order valence-electron chi connectivity index (χ2n) is 6.48. The highest BCUT2D eigenvalue weighted by molar-refractivity contribution is 5.89. The Labute approximate surface area is 149 Å². The first kappa shape index (κ1) is 17.5. The second kappa shape index (κ2) is 8.67. The Morgan fingerprint density at radius 1 is 1.00 bits per heavy atom. The van der Waals surface area contributed by atoms with E-state index in [1.165, 1.54) is 38.4 Å². The van der Waals surface area contributed by atoms with Crippen LogP contribution in [0, 0.1) is 0 Å². The van der Waals surface area contributed by atoms with Gasteiger partial charge in [-0.25, -0.2) is 4.79 Å². The highest BCUT2D eigenvalue weighted by Gasteiger charge is 2.13. The van der Waals surface area contributed by atoms with Crippen LogP contribution in [0.3, 0.4) is 0 Å². The predicted molar refractivity (Wildman–Crippen MR) is 97.7 cm³/mol. The lowest BCUT2D eigenvalue weighted by atomic mass is 10.1. The molecule has 1 saturated carbocycles. The predicted octanol–water partition coefficient (Wildman–Crippen LogP) is 4.08. The third-order valence-corrected chi connectivity index (χ3v) is 4.65. The topological polar surface area (TPSA) is 47.6 Å². The van der Waals surface area contributed by atoms with Gasteiger partial charge in [0.2, 0.25) is 0 Å². The van der Waals surface area contributed by atoms with Crippen molar-refractivity contribution in [1.29, 1.82) is 0 Å². The number of rotatable bonds is 7. The van der Waals surface area contributed by atoms with Crippen molar-refractivity contribution in [3.8, 4) is 5.75 Å². The summed E-state index contributed by atoms with van der Waals surface area (Å²) in [6.07, 6.45) is 5.31. The third-order valence-electron chi connectivity index (χ3n) is 4.65. The largest absolute Gasteiger partial charge is 0.489 e. The van der Waals surface area contributed by atoms with Gasteiger partial charge in [0.05, 0.1) is 12.7 Å². The van der Waals surface area contributed by atoms with Crippen LogP contribution in [0.1, 0.15) is 47.2 Å². The first-order chi connectivity index (χ1) is 12.2. The number of hydrogen-bond acceptors (Lipinski definition) is 4. The van der Waals surface area contributed by atoms with Gasteiger partial charge in [0, 0.05) is 12.6 Å². The zero-order valence-electron chi connectivity index (χ0n) is 14.7. The lowest BCUT2D eigenvalue weighted by molar-refractivity contribution is 0.0600. The standard InChI is InChI=1S/C21H25NO3/c1-24-21(23)18-10-6-17(7-11-18)15-25-20-12-8-16(9-13-20)14-22-19-4-2-3-5-19/h6-13,19,22H,2-5,14-15H2,1H3. The van der Waals surface area contributed by atoms with Gasteiger partial charge < -0.3 is 14.8 Å². The first-order valence-electron chi connectivity index (χ1n) is 8.87. The fraction of sp³-hybridized carbons (Fsp3) is 0.381. The monoisotopic (exact) mass is 339 g/mol. The van der Waals surface area contributed by atoms with Gasteiger partial charge >= 0.3 is 5.97 Å². The maximum atomic E-state index is 11.4. The number of methoxy groups -OCH3 is 1. The second-order valence-corrected chi connectivity index (χ2v) is 6.48. The van der Waals surface area contributed by atoms with Gasteiger partial charge in [-0.2, -0.15) is 0 Å². The molecule has 0 saturated heterocycles. The fourth-order valence-electron chi connectivity index (χ4n) is 3.12. The van der Waals surface area contributed by atoms with Crippen LogP contribution in [-0.4, -0.2) is 19.1 Å². The van der Waals surface area contributed by atoms with E-state index in [4.69, 9.17) is 9.47 Å². The van der Waals surface area contributed by atoms with Gasteiger partial charge in [0.25, 0.3) is 0 Å². The molecule has 4 heteroatoms. The Balaban J connectivity index is 1.47. The number of carbonyl (C=O) groups is 1. The van der Waals surface area contributed by atoms with Crippen LogP contribution in [0.4, 0.5) is 0 Å². The van der Waals surface area contributed by atoms with Crippen molar-refractivity contribution >= 4 is 5.97 Å². The molecule has 132 valence electrons. The summed E-state index contributed by atoms with van der Waals surface area (Å²) in [5, 5.41) is 3.62. The maximum Gasteiger partial charge on any atom is 0.337 e. The summed E-state index contributed by atoms with van der Waals surface area (Å²) in [5.41, 5.74) is 2.84. The van der Waals surface area contributed by atoms with Gasteiger partial charge in [-0.3, -0.25) is 0 Å². The minimum atomic E-state index is -0.325. The Bertz CT molecular complexity index is 673. The van der Waals surface area contributed by atoms with Crippen LogP contribution in [0.5, 0.6) is 5.75 Å². The van der Waals surface area contributed by atoms with E-state index in [9.17, 15) is 4.79 Å². The van der Waals surface area contributed by atoms with E-state index in [1.807, 2.05) is 24.3 Å². The van der Waals surface area contributed by atoms with Crippen molar-refractivity contribution in [3.63, 3.8) is 0 Å². The van der Waals surface area contributed by atoms with Crippen LogP contribution in [0.2, 0.25) is 0 Å². The Morgan fingerprint density at radius 3 is 2.28 bits per heavy atom. The molecule has 0 aromatic heterocycles. The smallest absolute Gasteiger partial charge is 0.337 e. The summed E-state index contributed by atoms with van der Waals surface area (Å²) < 4.78 is 10.5. The number of benzene rings is 2. The van der Waals surface area contributed by atoms with E-state index in [1.54, 1.807) is 12.1 Å². The van der Waals surface area contributed by atoms with Crippen molar-refractivity contribution < 1.29 is 14.3 Å². The minimum Gasteiger partial charge on any atom is -0.489 e. The normalized spacial score (nSPS) is 14.4. The lowest BCUT2D eigenvalue weighted by Crippen LogP contribution is -2.25. The van der Waals surface area contributed by atoms with Crippen LogP contribution in [0.15, 0.2) is 48.5 Å². The number of carbonyl (C=O) groups excluding carboxylic acids is 1. The molecule has 0 aliphatic heterocycles. The molecule has 0 bridgehead atoms. The van der Waals surface area contributed by atoms with E-state index in [0.717, 1.165) is 17.9 Å². The SMILES string of the molecule is COC(=O)c1ccc(COc2ccc(CNC3CCCC3)cc2)cc1. The highest BCUT2D eigenvalue weighted by atomic mass is 16.5. The number of ether oxygens (including phenoxy) is 2. The van der Waals surface area contributed by atoms with E-state index in [0.29, 0.717) is 18.2 Å². The van der Waals surface area contributed by atoms with Crippen molar-refractivity contribution in [3.05, 3.63) is 65.2 Å². The first-order valence-corrected chi connectivity index (χ1v) is 8.87. The average molecular weight is 339 g/mol. The third kappa shape index (κ3) is 5.07. The zero-order chi connectivity index (χ0) is 17.5. The van der Waals surface area contributed by atoms with Crippen LogP contribution < -0.4 is 10.1 Å². The Kier molecular flexibility index (Phi) is 6.07. The van der Waals surface area contributed by atoms with Crippen LogP contribution >= 0.6 is 0 Å². The molecule has 0 amide bonds. The summed E-state index contributed by atoms with van der Waals surface area (Å²) in [5.74, 6) is 0.524. The molecule has 0 unspecified atom stereocenters. The maximum absolute atomic E-state index is 11.4. The summed E-state index contributed by atoms with van der Waals surface area (Å²) in [6, 6.07) is 16.2. The molecular formula is C21H25NO3. The molecular weight excluding hydrogens is 314 g/mol. The molecule has 1 N–H and O–H groups in total. The fourth-order valence-corrected chi connectivity index (χ4v) is 3.12. The molecule has 2 aromatic rings. The average Bonchev–Trinajstić information content (AvgIpc) is 3.19. The van der Waals surface area contributed by atoms with Gasteiger partial charge in [-0.15, -0.1) is 0 Å². The molecule has 3 rings (SSSR count). The molecule has 0 spiro atoms. The molecule has 4 nitrogen and oxygen atoms in total. The molecule has 0 heterocycles. The van der Waals surface area contributed by atoms with Gasteiger partial charge in [0.15, 0.2) is 0 Å². The Hall–Kier alpha value is -2.33. The van der Waals surface area contributed by atoms with Crippen molar-refractivity contribution in [2.45, 2.75) is 44.9 Å². The molecule has 1 fully saturated rings. The molecule has 1 aliphatic rings. The lowest BCUT2D eigenvalue weighted by Gasteiger charge is -2.12. The number of hydrogen-bond donors (Lipinski definition) is 1. The molecule has 2 aromatic carbocycles. The molecule has 0 atom stereocenters. The van der Waals surface area contributed by atoms with E-state index < -0.39 is 0 Å². The van der Waals surface area contributed by atoms with Crippen LogP contribution in [0.25, 0.3) is 0 Å². The molecule has 25 heavy (non-hydrogen) atoms. The zero-order valence-corrected chi connectivity index (χ0v) is 14.7. The summed E-state index contributed by atoms with van der Waals surface area (Å²) in [4.78, 5) is 11.4.